The molecule has 0 atom stereocenters. The van der Waals surface area contributed by atoms with E-state index in [2.05, 4.69) is 9.98 Å². The molecule has 32 heavy (non-hydrogen) atoms. The molecule has 0 fully saturated rings. The molecule has 0 saturated heterocycles. The minimum atomic E-state index is -0.623. The van der Waals surface area contributed by atoms with Crippen molar-refractivity contribution >= 4 is 35.3 Å². The van der Waals surface area contributed by atoms with Crippen molar-refractivity contribution in [2.24, 2.45) is 19.1 Å². The number of nitrogens with zero attached hydrogens (tertiary/aromatic N) is 6. The van der Waals surface area contributed by atoms with Crippen LogP contribution in [-0.2, 0) is 20.6 Å². The Morgan fingerprint density at radius 1 is 1.12 bits per heavy atom. The summed E-state index contributed by atoms with van der Waals surface area (Å²) in [7, 11) is 2.96. The van der Waals surface area contributed by atoms with Crippen LogP contribution in [0.1, 0.15) is 11.3 Å². The molecule has 1 aromatic carbocycles. The zero-order valence-corrected chi connectivity index (χ0v) is 17.2. The second-order valence-electron chi connectivity index (χ2n) is 6.93. The van der Waals surface area contributed by atoms with Gasteiger partial charge in [0, 0.05) is 20.3 Å². The van der Waals surface area contributed by atoms with Crippen LogP contribution in [-0.4, -0.2) is 29.8 Å². The number of aryl methyl sites for hydroxylation is 1. The molecule has 3 aromatic heterocycles. The Morgan fingerprint density at radius 2 is 1.88 bits per heavy atom. The van der Waals surface area contributed by atoms with Gasteiger partial charge in [-0.1, -0.05) is 30.3 Å². The molecule has 4 rings (SSSR count). The third-order valence-corrected chi connectivity index (χ3v) is 4.84. The van der Waals surface area contributed by atoms with Gasteiger partial charge in [-0.05, 0) is 23.8 Å². The molecule has 11 heteroatoms. The molecular weight excluding hydrogens is 416 g/mol. The second kappa shape index (κ2) is 8.30. The van der Waals surface area contributed by atoms with Crippen molar-refractivity contribution in [3.63, 3.8) is 0 Å². The largest absolute Gasteiger partial charge is 0.433 e. The molecule has 162 valence electrons. The summed E-state index contributed by atoms with van der Waals surface area (Å²) in [6, 6.07) is 12.2. The van der Waals surface area contributed by atoms with Crippen LogP contribution < -0.4 is 11.2 Å². The smallest absolute Gasteiger partial charge is 0.401 e. The fraction of sp³-hybridized carbons (Fsp3) is 0.143. The highest BCUT2D eigenvalue weighted by Gasteiger charge is 2.18. The Balaban J connectivity index is 1.77. The molecule has 4 aromatic rings. The number of nitro groups is 1. The molecule has 0 spiro atoms. The highest BCUT2D eigenvalue weighted by Crippen LogP contribution is 2.20. The van der Waals surface area contributed by atoms with Crippen LogP contribution in [0.25, 0.3) is 17.2 Å². The van der Waals surface area contributed by atoms with Gasteiger partial charge in [0.05, 0.1) is 12.6 Å². The molecule has 0 aliphatic carbocycles. The molecule has 0 amide bonds. The molecule has 0 radical (unpaired) electrons. The summed E-state index contributed by atoms with van der Waals surface area (Å²) >= 11 is 0. The van der Waals surface area contributed by atoms with Gasteiger partial charge in [-0.3, -0.25) is 28.6 Å². The SMILES string of the molecule is Cn1c(=O)c2c(nc(/N=C/C=C/c3ccc([N+](=O)[O-])o3)n2Cc2ccccc2)n(C)c1=O. The molecule has 3 heterocycles. The quantitative estimate of drug-likeness (QED) is 0.260. The van der Waals surface area contributed by atoms with E-state index < -0.39 is 16.2 Å². The molecule has 0 aliphatic rings. The summed E-state index contributed by atoms with van der Waals surface area (Å²) in [5, 5.41) is 10.7. The Kier molecular flexibility index (Phi) is 5.37. The van der Waals surface area contributed by atoms with E-state index in [1.165, 1.54) is 42.1 Å². The normalized spacial score (nSPS) is 11.8. The number of allylic oxidation sites excluding steroid dienone is 1. The van der Waals surface area contributed by atoms with Gasteiger partial charge < -0.3 is 4.42 Å². The van der Waals surface area contributed by atoms with Crippen LogP contribution in [0.15, 0.2) is 67.5 Å². The van der Waals surface area contributed by atoms with E-state index in [0.717, 1.165) is 10.1 Å². The average molecular weight is 434 g/mol. The van der Waals surface area contributed by atoms with Gasteiger partial charge in [-0.2, -0.15) is 4.98 Å². The first-order valence-corrected chi connectivity index (χ1v) is 9.52. The van der Waals surface area contributed by atoms with Gasteiger partial charge >= 0.3 is 11.6 Å². The van der Waals surface area contributed by atoms with Gasteiger partial charge in [0.25, 0.3) is 5.56 Å². The molecule has 0 unspecified atom stereocenters. The fourth-order valence-corrected chi connectivity index (χ4v) is 3.23. The molecule has 0 bridgehead atoms. The summed E-state index contributed by atoms with van der Waals surface area (Å²) in [5.41, 5.74) is 0.466. The molecule has 0 aliphatic heterocycles. The van der Waals surface area contributed by atoms with Crippen molar-refractivity contribution in [3.8, 4) is 0 Å². The predicted octanol–water partition coefficient (Wildman–Crippen LogP) is 2.40. The molecule has 11 nitrogen and oxygen atoms in total. The highest BCUT2D eigenvalue weighted by molar-refractivity contribution is 5.81. The Labute approximate surface area is 180 Å². The van der Waals surface area contributed by atoms with Gasteiger partial charge in [0.15, 0.2) is 11.2 Å². The van der Waals surface area contributed by atoms with Crippen molar-refractivity contribution in [3.05, 3.63) is 90.8 Å². The standard InChI is InChI=1S/C21H18N6O5/c1-24-18-17(19(28)25(2)21(24)29)26(13-14-7-4-3-5-8-14)20(23-18)22-12-6-9-15-10-11-16(32-15)27(30)31/h3-12H,13H2,1-2H3/b9-6+,22-12+. The lowest BCUT2D eigenvalue weighted by atomic mass is 10.2. The van der Waals surface area contributed by atoms with E-state index in [0.29, 0.717) is 6.54 Å². The van der Waals surface area contributed by atoms with Crippen LogP contribution in [0.4, 0.5) is 11.8 Å². The van der Waals surface area contributed by atoms with Crippen LogP contribution in [0.5, 0.6) is 0 Å². The van der Waals surface area contributed by atoms with E-state index in [9.17, 15) is 19.7 Å². The summed E-state index contributed by atoms with van der Waals surface area (Å²) in [6.07, 6.45) is 4.47. The minimum absolute atomic E-state index is 0.229. The summed E-state index contributed by atoms with van der Waals surface area (Å²) < 4.78 is 9.03. The summed E-state index contributed by atoms with van der Waals surface area (Å²) in [5.74, 6) is 0.164. The van der Waals surface area contributed by atoms with E-state index in [4.69, 9.17) is 4.42 Å². The molecule has 0 N–H and O–H groups in total. The van der Waals surface area contributed by atoms with Crippen LogP contribution >= 0.6 is 0 Å². The zero-order chi connectivity index (χ0) is 22.8. The maximum atomic E-state index is 12.9. The van der Waals surface area contributed by atoms with E-state index >= 15 is 0 Å². The number of imidazole rings is 1. The topological polar surface area (TPSA) is 130 Å². The minimum Gasteiger partial charge on any atom is -0.401 e. The van der Waals surface area contributed by atoms with Crippen molar-refractivity contribution in [2.45, 2.75) is 6.54 Å². The van der Waals surface area contributed by atoms with Gasteiger partial charge in [0.2, 0.25) is 5.95 Å². The molecule has 0 saturated carbocycles. The first kappa shape index (κ1) is 20.7. The Morgan fingerprint density at radius 3 is 2.56 bits per heavy atom. The number of benzene rings is 1. The van der Waals surface area contributed by atoms with E-state index in [-0.39, 0.29) is 28.8 Å². The number of fused-ring (bicyclic) bond motifs is 1. The number of furan rings is 1. The monoisotopic (exact) mass is 434 g/mol. The first-order valence-electron chi connectivity index (χ1n) is 9.52. The van der Waals surface area contributed by atoms with Crippen LogP contribution in [0, 0.1) is 10.1 Å². The third-order valence-electron chi connectivity index (χ3n) is 4.84. The number of hydrogen-bond acceptors (Lipinski definition) is 7. The lowest BCUT2D eigenvalue weighted by Crippen LogP contribution is -2.37. The maximum Gasteiger partial charge on any atom is 0.433 e. The summed E-state index contributed by atoms with van der Waals surface area (Å²) in [4.78, 5) is 44.0. The Bertz CT molecular complexity index is 1490. The van der Waals surface area contributed by atoms with Crippen molar-refractivity contribution < 1.29 is 9.34 Å². The second-order valence-corrected chi connectivity index (χ2v) is 6.93. The van der Waals surface area contributed by atoms with Crippen molar-refractivity contribution in [2.75, 3.05) is 0 Å². The van der Waals surface area contributed by atoms with Crippen molar-refractivity contribution in [1.29, 1.82) is 0 Å². The number of hydrogen-bond donors (Lipinski definition) is 0. The van der Waals surface area contributed by atoms with E-state index in [1.54, 1.807) is 11.6 Å². The number of rotatable bonds is 6. The Hall–Kier alpha value is -4.54. The van der Waals surface area contributed by atoms with Gasteiger partial charge in [-0.25, -0.2) is 9.79 Å². The predicted molar refractivity (Wildman–Crippen MR) is 118 cm³/mol. The first-order chi connectivity index (χ1) is 15.4. The van der Waals surface area contributed by atoms with E-state index in [1.807, 2.05) is 30.3 Å². The van der Waals surface area contributed by atoms with Gasteiger partial charge in [0.1, 0.15) is 10.7 Å². The number of aliphatic imine (C=N–C) groups is 1. The highest BCUT2D eigenvalue weighted by atomic mass is 16.6. The fourth-order valence-electron chi connectivity index (χ4n) is 3.23. The van der Waals surface area contributed by atoms with Crippen LogP contribution in [0.3, 0.4) is 0 Å². The lowest BCUT2D eigenvalue weighted by Gasteiger charge is -2.07. The maximum absolute atomic E-state index is 12.9. The van der Waals surface area contributed by atoms with Crippen LogP contribution in [0.2, 0.25) is 0 Å². The lowest BCUT2D eigenvalue weighted by molar-refractivity contribution is -0.402. The average Bonchev–Trinajstić information content (AvgIpc) is 3.40. The third kappa shape index (κ3) is 3.78. The molecular formula is C21H18N6O5. The number of aromatic nitrogens is 4. The zero-order valence-electron chi connectivity index (χ0n) is 17.2. The van der Waals surface area contributed by atoms with Gasteiger partial charge in [-0.15, -0.1) is 0 Å². The summed E-state index contributed by atoms with van der Waals surface area (Å²) in [6.45, 7) is 0.325. The van der Waals surface area contributed by atoms with Crippen molar-refractivity contribution in [1.82, 2.24) is 18.7 Å².